The van der Waals surface area contributed by atoms with Gasteiger partial charge in [-0.25, -0.2) is 9.78 Å². The molecule has 0 aliphatic carbocycles. The quantitative estimate of drug-likeness (QED) is 0.747. The summed E-state index contributed by atoms with van der Waals surface area (Å²) < 4.78 is 5.20. The zero-order valence-corrected chi connectivity index (χ0v) is 10.6. The Morgan fingerprint density at radius 3 is 2.76 bits per heavy atom. The number of carbonyl (C=O) groups is 1. The van der Waals surface area contributed by atoms with Gasteiger partial charge in [0.1, 0.15) is 16.8 Å². The van der Waals surface area contributed by atoms with Gasteiger partial charge in [-0.1, -0.05) is 6.07 Å². The number of carboxylic acids is 1. The number of aromatic hydroxyl groups is 1. The first-order valence-electron chi connectivity index (χ1n) is 5.94. The number of nitriles is 1. The molecule has 3 rings (SSSR count). The minimum absolute atomic E-state index is 0.188. The molecule has 2 aromatic carbocycles. The van der Waals surface area contributed by atoms with E-state index >= 15 is 0 Å². The zero-order valence-electron chi connectivity index (χ0n) is 10.6. The Hall–Kier alpha value is -3.33. The molecule has 0 saturated heterocycles. The first kappa shape index (κ1) is 12.7. The molecule has 102 valence electrons. The molecule has 1 heterocycles. The van der Waals surface area contributed by atoms with Crippen molar-refractivity contribution in [2.75, 3.05) is 0 Å². The fraction of sp³-hybridized carbons (Fsp3) is 0. The van der Waals surface area contributed by atoms with E-state index in [1.807, 2.05) is 6.07 Å². The van der Waals surface area contributed by atoms with Gasteiger partial charge in [0.15, 0.2) is 12.0 Å². The molecule has 0 unspecified atom stereocenters. The van der Waals surface area contributed by atoms with Crippen molar-refractivity contribution in [1.29, 1.82) is 5.26 Å². The maximum absolute atomic E-state index is 10.9. The average Bonchev–Trinajstić information content (AvgIpc) is 2.93. The van der Waals surface area contributed by atoms with Gasteiger partial charge in [0.05, 0.1) is 11.6 Å². The number of oxazole rings is 1. The van der Waals surface area contributed by atoms with E-state index in [-0.39, 0.29) is 11.3 Å². The van der Waals surface area contributed by atoms with E-state index in [1.54, 1.807) is 18.2 Å². The van der Waals surface area contributed by atoms with Crippen molar-refractivity contribution in [3.63, 3.8) is 0 Å². The highest BCUT2D eigenvalue weighted by atomic mass is 16.4. The number of phenols is 1. The molecule has 0 atom stereocenters. The third kappa shape index (κ3) is 2.07. The molecule has 21 heavy (non-hydrogen) atoms. The number of hydrogen-bond donors (Lipinski definition) is 2. The van der Waals surface area contributed by atoms with Crippen LogP contribution >= 0.6 is 0 Å². The second-order valence-corrected chi connectivity index (χ2v) is 4.37. The average molecular weight is 280 g/mol. The van der Waals surface area contributed by atoms with Crippen LogP contribution in [0.2, 0.25) is 0 Å². The predicted octanol–water partition coefficient (Wildman–Crippen LogP) is 2.77. The highest BCUT2D eigenvalue weighted by Gasteiger charge is 2.14. The lowest BCUT2D eigenvalue weighted by atomic mass is 10.00. The Bertz CT molecular complexity index is 906. The van der Waals surface area contributed by atoms with Crippen LogP contribution < -0.4 is 0 Å². The number of aromatic nitrogens is 1. The van der Waals surface area contributed by atoms with Crippen molar-refractivity contribution in [3.05, 3.63) is 47.9 Å². The summed E-state index contributed by atoms with van der Waals surface area (Å²) in [5, 5.41) is 27.7. The van der Waals surface area contributed by atoms with Gasteiger partial charge in [0.2, 0.25) is 0 Å². The first-order chi connectivity index (χ1) is 10.1. The van der Waals surface area contributed by atoms with Crippen LogP contribution in [0.1, 0.15) is 15.9 Å². The van der Waals surface area contributed by atoms with Crippen molar-refractivity contribution < 1.29 is 19.4 Å². The Kier molecular flexibility index (Phi) is 2.81. The van der Waals surface area contributed by atoms with E-state index in [0.717, 1.165) is 0 Å². The Morgan fingerprint density at radius 2 is 2.10 bits per heavy atom. The third-order valence-electron chi connectivity index (χ3n) is 3.10. The van der Waals surface area contributed by atoms with Crippen LogP contribution in [0.25, 0.3) is 22.2 Å². The van der Waals surface area contributed by atoms with Crippen molar-refractivity contribution in [2.45, 2.75) is 0 Å². The van der Waals surface area contributed by atoms with Gasteiger partial charge in [-0.3, -0.25) is 0 Å². The summed E-state index contributed by atoms with van der Waals surface area (Å²) in [6.07, 6.45) is 1.26. The van der Waals surface area contributed by atoms with E-state index in [1.165, 1.54) is 18.5 Å². The Labute approximate surface area is 118 Å². The number of rotatable bonds is 2. The molecule has 0 amide bonds. The summed E-state index contributed by atoms with van der Waals surface area (Å²) in [4.78, 5) is 15.0. The molecule has 0 radical (unpaired) electrons. The van der Waals surface area contributed by atoms with Crippen molar-refractivity contribution >= 4 is 17.1 Å². The van der Waals surface area contributed by atoms with Crippen LogP contribution in [-0.4, -0.2) is 21.2 Å². The maximum Gasteiger partial charge on any atom is 0.339 e. The highest BCUT2D eigenvalue weighted by Crippen LogP contribution is 2.32. The van der Waals surface area contributed by atoms with Gasteiger partial charge in [0, 0.05) is 11.6 Å². The number of benzene rings is 2. The first-order valence-corrected chi connectivity index (χ1v) is 5.94. The van der Waals surface area contributed by atoms with Crippen LogP contribution in [0.15, 0.2) is 41.1 Å². The normalized spacial score (nSPS) is 10.4. The molecule has 0 aliphatic rings. The zero-order chi connectivity index (χ0) is 15.0. The maximum atomic E-state index is 10.9. The third-order valence-corrected chi connectivity index (χ3v) is 3.10. The molecule has 6 nitrogen and oxygen atoms in total. The monoisotopic (exact) mass is 280 g/mol. The van der Waals surface area contributed by atoms with Gasteiger partial charge in [-0.15, -0.1) is 0 Å². The summed E-state index contributed by atoms with van der Waals surface area (Å²) >= 11 is 0. The SMILES string of the molecule is N#Cc1cc(-c2ccc(C(=O)O)c(O)c2)c2ncoc2c1. The molecule has 0 fully saturated rings. The van der Waals surface area contributed by atoms with E-state index in [2.05, 4.69) is 4.98 Å². The number of fused-ring (bicyclic) bond motifs is 1. The number of carboxylic acid groups (broad SMARTS) is 1. The van der Waals surface area contributed by atoms with E-state index in [9.17, 15) is 9.90 Å². The molecule has 2 N–H and O–H groups in total. The summed E-state index contributed by atoms with van der Waals surface area (Å²) in [7, 11) is 0. The lowest BCUT2D eigenvalue weighted by Gasteiger charge is -2.06. The van der Waals surface area contributed by atoms with Crippen LogP contribution in [0.4, 0.5) is 0 Å². The summed E-state index contributed by atoms with van der Waals surface area (Å²) in [5.74, 6) is -1.56. The lowest BCUT2D eigenvalue weighted by molar-refractivity contribution is 0.0694. The van der Waals surface area contributed by atoms with Gasteiger partial charge in [-0.05, 0) is 23.8 Å². The smallest absolute Gasteiger partial charge is 0.339 e. The highest BCUT2D eigenvalue weighted by molar-refractivity contribution is 5.95. The molecule has 0 saturated carbocycles. The van der Waals surface area contributed by atoms with Crippen LogP contribution in [0, 0.1) is 11.3 Å². The minimum Gasteiger partial charge on any atom is -0.507 e. The van der Waals surface area contributed by atoms with Crippen LogP contribution in [0.3, 0.4) is 0 Å². The number of hydrogen-bond acceptors (Lipinski definition) is 5. The molecular formula is C15H8N2O4. The van der Waals surface area contributed by atoms with Gasteiger partial charge in [0.25, 0.3) is 0 Å². The van der Waals surface area contributed by atoms with E-state index in [0.29, 0.717) is 27.8 Å². The van der Waals surface area contributed by atoms with Gasteiger partial charge < -0.3 is 14.6 Å². The van der Waals surface area contributed by atoms with Crippen LogP contribution in [-0.2, 0) is 0 Å². The summed E-state index contributed by atoms with van der Waals surface area (Å²) in [5.41, 5.74) is 2.32. The van der Waals surface area contributed by atoms with Crippen molar-refractivity contribution in [3.8, 4) is 22.9 Å². The second kappa shape index (κ2) is 4.65. The van der Waals surface area contributed by atoms with Gasteiger partial charge >= 0.3 is 5.97 Å². The standard InChI is InChI=1S/C15H8N2O4/c16-6-8-3-11(14-13(4-8)21-7-17-14)9-1-2-10(15(19)20)12(18)5-9/h1-5,7,18H,(H,19,20). The molecule has 0 spiro atoms. The predicted molar refractivity (Wildman–Crippen MR) is 72.8 cm³/mol. The fourth-order valence-corrected chi connectivity index (χ4v) is 2.13. The number of aromatic carboxylic acids is 1. The Morgan fingerprint density at radius 1 is 1.29 bits per heavy atom. The molecular weight excluding hydrogens is 272 g/mol. The Balaban J connectivity index is 2.25. The molecule has 0 aliphatic heterocycles. The molecule has 3 aromatic rings. The second-order valence-electron chi connectivity index (χ2n) is 4.37. The topological polar surface area (TPSA) is 107 Å². The summed E-state index contributed by atoms with van der Waals surface area (Å²) in [6, 6.07) is 9.38. The van der Waals surface area contributed by atoms with Crippen molar-refractivity contribution in [1.82, 2.24) is 4.98 Å². The van der Waals surface area contributed by atoms with E-state index < -0.39 is 5.97 Å². The molecule has 6 heteroatoms. The lowest BCUT2D eigenvalue weighted by Crippen LogP contribution is -1.96. The fourth-order valence-electron chi connectivity index (χ4n) is 2.13. The van der Waals surface area contributed by atoms with Crippen molar-refractivity contribution in [2.24, 2.45) is 0 Å². The molecule has 0 bridgehead atoms. The summed E-state index contributed by atoms with van der Waals surface area (Å²) in [6.45, 7) is 0. The minimum atomic E-state index is -1.21. The molecule has 1 aromatic heterocycles. The van der Waals surface area contributed by atoms with Crippen LogP contribution in [0.5, 0.6) is 5.75 Å². The number of nitrogens with zero attached hydrogens (tertiary/aromatic N) is 2. The van der Waals surface area contributed by atoms with E-state index in [4.69, 9.17) is 14.8 Å². The largest absolute Gasteiger partial charge is 0.507 e. The van der Waals surface area contributed by atoms with Gasteiger partial charge in [-0.2, -0.15) is 5.26 Å².